The van der Waals surface area contributed by atoms with E-state index >= 15 is 0 Å². The van der Waals surface area contributed by atoms with Gasteiger partial charge in [0.1, 0.15) is 0 Å². The minimum atomic E-state index is 0.567. The second kappa shape index (κ2) is 7.34. The van der Waals surface area contributed by atoms with E-state index in [1.807, 2.05) is 0 Å². The van der Waals surface area contributed by atoms with E-state index in [-0.39, 0.29) is 0 Å². The molecule has 2 fully saturated rings. The third-order valence-electron chi connectivity index (χ3n) is 4.92. The summed E-state index contributed by atoms with van der Waals surface area (Å²) in [7, 11) is 0. The van der Waals surface area contributed by atoms with Crippen LogP contribution in [0.2, 0.25) is 0 Å². The van der Waals surface area contributed by atoms with Crippen molar-refractivity contribution in [3.63, 3.8) is 0 Å². The molecular formula is C17H24BrClN2. The number of benzene rings is 1. The molecule has 1 aromatic carbocycles. The number of rotatable bonds is 3. The summed E-state index contributed by atoms with van der Waals surface area (Å²) >= 11 is 9.56. The van der Waals surface area contributed by atoms with E-state index in [1.54, 1.807) is 0 Å². The molecule has 2 heterocycles. The van der Waals surface area contributed by atoms with Gasteiger partial charge in [-0.15, -0.1) is 11.6 Å². The van der Waals surface area contributed by atoms with Gasteiger partial charge in [0.25, 0.3) is 0 Å². The molecule has 2 saturated heterocycles. The highest BCUT2D eigenvalue weighted by Gasteiger charge is 2.25. The third kappa shape index (κ3) is 3.75. The first kappa shape index (κ1) is 15.6. The molecule has 0 N–H and O–H groups in total. The number of hydrogen-bond donors (Lipinski definition) is 0. The van der Waals surface area contributed by atoms with Crippen molar-refractivity contribution in [2.75, 3.05) is 31.1 Å². The van der Waals surface area contributed by atoms with Crippen molar-refractivity contribution in [1.82, 2.24) is 4.90 Å². The summed E-state index contributed by atoms with van der Waals surface area (Å²) in [6, 6.07) is 7.39. The Morgan fingerprint density at radius 1 is 1.05 bits per heavy atom. The molecule has 0 spiro atoms. The first-order valence-electron chi connectivity index (χ1n) is 8.11. The number of halogens is 2. The van der Waals surface area contributed by atoms with Gasteiger partial charge >= 0.3 is 0 Å². The molecule has 4 heteroatoms. The third-order valence-corrected chi connectivity index (χ3v) is 5.94. The van der Waals surface area contributed by atoms with E-state index in [9.17, 15) is 0 Å². The van der Waals surface area contributed by atoms with Crippen LogP contribution in [0, 0.1) is 0 Å². The molecule has 0 unspecified atom stereocenters. The number of likely N-dealkylation sites (tertiary alicyclic amines) is 1. The van der Waals surface area contributed by atoms with Gasteiger partial charge in [-0.2, -0.15) is 0 Å². The Kier molecular flexibility index (Phi) is 5.47. The number of alkyl halides is 1. The lowest BCUT2D eigenvalue weighted by atomic mass is 9.99. The average Bonchev–Trinajstić information content (AvgIpc) is 2.56. The normalized spacial score (nSPS) is 21.7. The van der Waals surface area contributed by atoms with Crippen molar-refractivity contribution in [2.45, 2.75) is 44.0 Å². The van der Waals surface area contributed by atoms with Gasteiger partial charge < -0.3 is 9.80 Å². The molecule has 2 nitrogen and oxygen atoms in total. The Hall–Kier alpha value is -0.250. The lowest BCUT2D eigenvalue weighted by Crippen LogP contribution is -2.46. The maximum Gasteiger partial charge on any atom is 0.0485 e. The molecule has 0 aromatic heterocycles. The molecule has 0 amide bonds. The molecule has 3 rings (SSSR count). The molecule has 0 aliphatic carbocycles. The summed E-state index contributed by atoms with van der Waals surface area (Å²) in [5.74, 6) is 0.567. The number of hydrogen-bond acceptors (Lipinski definition) is 2. The first-order valence-corrected chi connectivity index (χ1v) is 9.44. The van der Waals surface area contributed by atoms with Crippen LogP contribution in [0.25, 0.3) is 0 Å². The molecule has 0 bridgehead atoms. The molecule has 0 saturated carbocycles. The molecular weight excluding hydrogens is 348 g/mol. The van der Waals surface area contributed by atoms with Gasteiger partial charge in [-0.1, -0.05) is 28.4 Å². The summed E-state index contributed by atoms with van der Waals surface area (Å²) in [5, 5.41) is 0. The molecule has 116 valence electrons. The van der Waals surface area contributed by atoms with Crippen LogP contribution in [-0.2, 0) is 5.88 Å². The Labute approximate surface area is 141 Å². The van der Waals surface area contributed by atoms with E-state index in [4.69, 9.17) is 11.6 Å². The smallest absolute Gasteiger partial charge is 0.0485 e. The molecule has 2 aliphatic rings. The predicted molar refractivity (Wildman–Crippen MR) is 94.4 cm³/mol. The Bertz CT molecular complexity index is 466. The highest BCUT2D eigenvalue weighted by Crippen LogP contribution is 2.28. The first-order chi connectivity index (χ1) is 10.3. The quantitative estimate of drug-likeness (QED) is 0.714. The second-order valence-corrected chi connectivity index (χ2v) is 7.35. The van der Waals surface area contributed by atoms with Crippen LogP contribution in [0.5, 0.6) is 0 Å². The minimum absolute atomic E-state index is 0.567. The maximum atomic E-state index is 5.93. The summed E-state index contributed by atoms with van der Waals surface area (Å²) in [4.78, 5) is 5.25. The van der Waals surface area contributed by atoms with Crippen LogP contribution in [0.4, 0.5) is 5.69 Å². The lowest BCUT2D eigenvalue weighted by Gasteiger charge is -2.41. The highest BCUT2D eigenvalue weighted by molar-refractivity contribution is 9.10. The van der Waals surface area contributed by atoms with Crippen molar-refractivity contribution in [1.29, 1.82) is 0 Å². The number of anilines is 1. The fourth-order valence-electron chi connectivity index (χ4n) is 3.61. The van der Waals surface area contributed by atoms with Crippen molar-refractivity contribution in [3.8, 4) is 0 Å². The number of nitrogens with zero attached hydrogens (tertiary/aromatic N) is 2. The van der Waals surface area contributed by atoms with Crippen molar-refractivity contribution in [2.24, 2.45) is 0 Å². The Morgan fingerprint density at radius 2 is 1.76 bits per heavy atom. The lowest BCUT2D eigenvalue weighted by molar-refractivity contribution is 0.141. The van der Waals surface area contributed by atoms with Crippen LogP contribution in [0.1, 0.15) is 37.7 Å². The predicted octanol–water partition coefficient (Wildman–Crippen LogP) is 4.64. The maximum absolute atomic E-state index is 5.93. The van der Waals surface area contributed by atoms with E-state index < -0.39 is 0 Å². The highest BCUT2D eigenvalue weighted by atomic mass is 79.9. The molecule has 0 atom stereocenters. The Balaban J connectivity index is 1.58. The van der Waals surface area contributed by atoms with E-state index in [0.717, 1.165) is 10.5 Å². The zero-order valence-corrected chi connectivity index (χ0v) is 14.9. The topological polar surface area (TPSA) is 6.48 Å². The molecule has 21 heavy (non-hydrogen) atoms. The summed E-state index contributed by atoms with van der Waals surface area (Å²) in [6.07, 6.45) is 6.82. The van der Waals surface area contributed by atoms with Crippen molar-refractivity contribution < 1.29 is 0 Å². The van der Waals surface area contributed by atoms with Gasteiger partial charge in [0.2, 0.25) is 0 Å². The van der Waals surface area contributed by atoms with E-state index in [0.29, 0.717) is 5.88 Å². The molecule has 1 aromatic rings. The number of piperidine rings is 2. The summed E-state index contributed by atoms with van der Waals surface area (Å²) in [5.41, 5.74) is 2.50. The van der Waals surface area contributed by atoms with Crippen LogP contribution in [0.15, 0.2) is 22.7 Å². The van der Waals surface area contributed by atoms with Crippen LogP contribution in [-0.4, -0.2) is 37.1 Å². The molecule has 2 aliphatic heterocycles. The van der Waals surface area contributed by atoms with Crippen LogP contribution in [0.3, 0.4) is 0 Å². The Morgan fingerprint density at radius 3 is 2.38 bits per heavy atom. The van der Waals surface area contributed by atoms with Gasteiger partial charge in [0.15, 0.2) is 0 Å². The van der Waals surface area contributed by atoms with Crippen molar-refractivity contribution in [3.05, 3.63) is 28.2 Å². The zero-order valence-electron chi connectivity index (χ0n) is 12.5. The minimum Gasteiger partial charge on any atom is -0.371 e. The van der Waals surface area contributed by atoms with Gasteiger partial charge in [0, 0.05) is 35.2 Å². The van der Waals surface area contributed by atoms with E-state index in [2.05, 4.69) is 43.9 Å². The monoisotopic (exact) mass is 370 g/mol. The average molecular weight is 372 g/mol. The SMILES string of the molecule is ClCc1ccc(N2CCC(N3CCCCC3)CC2)cc1Br. The van der Waals surface area contributed by atoms with Crippen molar-refractivity contribution >= 4 is 33.2 Å². The standard InChI is InChI=1S/C17H24BrClN2/c18-17-12-16(5-4-14(17)13-19)21-10-6-15(7-11-21)20-8-2-1-3-9-20/h4-5,12,15H,1-3,6-11,13H2. The van der Waals surface area contributed by atoms with Gasteiger partial charge in [-0.3, -0.25) is 0 Å². The van der Waals surface area contributed by atoms with Crippen LogP contribution < -0.4 is 4.90 Å². The molecule has 0 radical (unpaired) electrons. The fourth-order valence-corrected chi connectivity index (χ4v) is 4.52. The van der Waals surface area contributed by atoms with E-state index in [1.165, 1.54) is 69.5 Å². The van der Waals surface area contributed by atoms with Gasteiger partial charge in [-0.05, 0) is 56.5 Å². The largest absolute Gasteiger partial charge is 0.371 e. The van der Waals surface area contributed by atoms with Crippen LogP contribution >= 0.6 is 27.5 Å². The fraction of sp³-hybridized carbons (Fsp3) is 0.647. The summed E-state index contributed by atoms with van der Waals surface area (Å²) in [6.45, 7) is 4.99. The van der Waals surface area contributed by atoms with Gasteiger partial charge in [-0.25, -0.2) is 0 Å². The zero-order chi connectivity index (χ0) is 14.7. The second-order valence-electron chi connectivity index (χ2n) is 6.22. The van der Waals surface area contributed by atoms with Gasteiger partial charge in [0.05, 0.1) is 0 Å². The summed E-state index contributed by atoms with van der Waals surface area (Å²) < 4.78 is 1.13.